The predicted molar refractivity (Wildman–Crippen MR) is 21.4 cm³/mol. The molecule has 0 heterocycles. The molecule has 0 atom stereocenters. The van der Waals surface area contributed by atoms with Gasteiger partial charge in [0.25, 0.3) is 10.2 Å². The van der Waals surface area contributed by atoms with Gasteiger partial charge in [0.2, 0.25) is 0 Å². The molecule has 0 saturated heterocycles. The number of hydrogen-bond donors (Lipinski definition) is 2. The van der Waals surface area contributed by atoms with Gasteiger partial charge in [-0.25, -0.2) is 0 Å². The van der Waals surface area contributed by atoms with Gasteiger partial charge >= 0.3 is 113 Å². The molecule has 0 spiro atoms. The second-order valence-electron chi connectivity index (χ2n) is 1.36. The van der Waals surface area contributed by atoms with E-state index in [0.29, 0.717) is 0 Å². The summed E-state index contributed by atoms with van der Waals surface area (Å²) in [4.78, 5) is 16.7. The Morgan fingerprint density at radius 3 is 0.895 bits per heavy atom. The van der Waals surface area contributed by atoms with Crippen LogP contribution >= 0.6 is 0 Å². The van der Waals surface area contributed by atoms with Gasteiger partial charge in [-0.15, -0.1) is 20.2 Å². The molecule has 104 valence electrons. The molecule has 19 heteroatoms. The van der Waals surface area contributed by atoms with E-state index >= 15 is 0 Å². The molecule has 0 aromatic carbocycles. The molecule has 0 saturated carbocycles. The summed E-state index contributed by atoms with van der Waals surface area (Å²) >= 11 is -12.1. The average Bonchev–Trinajstić information content (AvgIpc) is 1.70. The Kier molecular flexibility index (Phi) is 25.0. The molecule has 0 aromatic rings. The van der Waals surface area contributed by atoms with E-state index in [1.54, 1.807) is 0 Å². The molecule has 0 aliphatic heterocycles. The average molecular weight is 388 g/mol. The number of nitrogens with zero attached hydrogens (tertiary/aromatic N) is 2. The Labute approximate surface area is 152 Å². The molecule has 0 aliphatic rings. The Hall–Kier alpha value is 0.545. The third-order valence-corrected chi connectivity index (χ3v) is 2.83. The van der Waals surface area contributed by atoms with Crippen LogP contribution in [-0.2, 0) is 45.3 Å². The molecule has 0 unspecified atom stereocenters. The summed E-state index contributed by atoms with van der Waals surface area (Å²) < 4.78 is 58.9. The van der Waals surface area contributed by atoms with Gasteiger partial charge < -0.3 is 10.4 Å². The van der Waals surface area contributed by atoms with E-state index < -0.39 is 37.4 Å². The van der Waals surface area contributed by atoms with Crippen molar-refractivity contribution in [2.24, 2.45) is 0 Å². The second kappa shape index (κ2) is 14.9. The van der Waals surface area contributed by atoms with E-state index in [1.807, 2.05) is 0 Å². The summed E-state index contributed by atoms with van der Waals surface area (Å²) in [5.74, 6) is 0. The standard InChI is InChI=1S/2Cr.2HNO3.2Na.7O/c;;2*2-1(3)4;;;;;;;;;/h;;2*(H,2,3,4);;;;;;;;;/q;;;;2*+1;;;;;;2*-1. The first-order valence-electron chi connectivity index (χ1n) is 2.46. The normalized spacial score (nSPS) is 8.95. The molecular weight excluding hydrogens is 386 g/mol. The maximum atomic E-state index is 9.38. The van der Waals surface area contributed by atoms with Crippen molar-refractivity contribution in [1.29, 1.82) is 0 Å². The van der Waals surface area contributed by atoms with Crippen LogP contribution in [0.25, 0.3) is 0 Å². The van der Waals surface area contributed by atoms with Gasteiger partial charge in [-0.3, -0.25) is 0 Å². The third-order valence-electron chi connectivity index (χ3n) is 0.167. The zero-order chi connectivity index (χ0) is 14.9. The van der Waals surface area contributed by atoms with Gasteiger partial charge in [0, 0.05) is 0 Å². The molecular formula is H2Cr2N2Na2O13. The minimum absolute atomic E-state index is 0. The molecule has 0 aromatic heterocycles. The van der Waals surface area contributed by atoms with Crippen molar-refractivity contribution >= 4 is 0 Å². The van der Waals surface area contributed by atoms with Crippen molar-refractivity contribution < 1.29 is 133 Å². The van der Waals surface area contributed by atoms with Crippen molar-refractivity contribution in [1.82, 2.24) is 0 Å². The van der Waals surface area contributed by atoms with Crippen LogP contribution in [-0.4, -0.2) is 20.6 Å². The number of rotatable bonds is 2. The first-order chi connectivity index (χ1) is 7.17. The predicted octanol–water partition coefficient (Wildman–Crippen LogP) is -9.61. The molecule has 0 bridgehead atoms. The van der Waals surface area contributed by atoms with Crippen LogP contribution in [0.5, 0.6) is 0 Å². The fourth-order valence-electron chi connectivity index (χ4n) is 0.102. The SMILES string of the molecule is O=[N+]([O-])O.O=[N+]([O-])O.[Na+].[Na+].[O]=[Cr](=[O])([O-])[O][Cr](=[O])(=[O])[O-]. The van der Waals surface area contributed by atoms with Crippen LogP contribution in [0.2, 0.25) is 0 Å². The van der Waals surface area contributed by atoms with Gasteiger partial charge in [0.1, 0.15) is 0 Å². The Balaban J connectivity index is -0.0000000560. The van der Waals surface area contributed by atoms with E-state index in [-0.39, 0.29) is 59.1 Å². The quantitative estimate of drug-likeness (QED) is 0.253. The summed E-state index contributed by atoms with van der Waals surface area (Å²) in [6.07, 6.45) is 0. The van der Waals surface area contributed by atoms with Crippen LogP contribution in [0.4, 0.5) is 0 Å². The summed E-state index contributed by atoms with van der Waals surface area (Å²) in [5, 5.41) is 27.3. The molecule has 0 radical (unpaired) electrons. The molecule has 15 nitrogen and oxygen atoms in total. The molecule has 0 fully saturated rings. The van der Waals surface area contributed by atoms with Crippen LogP contribution in [0.1, 0.15) is 0 Å². The fourth-order valence-corrected chi connectivity index (χ4v) is 1.74. The van der Waals surface area contributed by atoms with Gasteiger partial charge in [-0.05, 0) is 0 Å². The van der Waals surface area contributed by atoms with E-state index in [4.69, 9.17) is 30.6 Å². The summed E-state index contributed by atoms with van der Waals surface area (Å²) in [5.41, 5.74) is 0. The van der Waals surface area contributed by atoms with Crippen LogP contribution in [0.15, 0.2) is 0 Å². The van der Waals surface area contributed by atoms with Crippen LogP contribution in [0.3, 0.4) is 0 Å². The van der Waals surface area contributed by atoms with Crippen LogP contribution in [0, 0.1) is 20.2 Å². The van der Waals surface area contributed by atoms with Gasteiger partial charge in [0.15, 0.2) is 0 Å². The van der Waals surface area contributed by atoms with Gasteiger partial charge in [-0.1, -0.05) is 0 Å². The maximum absolute atomic E-state index is 9.38. The Morgan fingerprint density at radius 1 is 0.789 bits per heavy atom. The second-order valence-corrected chi connectivity index (χ2v) is 5.00. The topological polar surface area (TPSA) is 250 Å². The van der Waals surface area contributed by atoms with Crippen molar-refractivity contribution in [3.8, 4) is 0 Å². The van der Waals surface area contributed by atoms with Crippen LogP contribution < -0.4 is 67.4 Å². The molecule has 19 heavy (non-hydrogen) atoms. The first-order valence-corrected chi connectivity index (χ1v) is 6.63. The molecule has 0 aliphatic carbocycles. The fraction of sp³-hybridized carbons (Fsp3) is 0. The van der Waals surface area contributed by atoms with Gasteiger partial charge in [-0.2, -0.15) is 0 Å². The molecule has 2 N–H and O–H groups in total. The molecule has 0 amide bonds. The molecule has 0 rings (SSSR count). The van der Waals surface area contributed by atoms with E-state index in [1.165, 1.54) is 0 Å². The first kappa shape index (κ1) is 31.8. The van der Waals surface area contributed by atoms with Crippen molar-refractivity contribution in [3.63, 3.8) is 0 Å². The van der Waals surface area contributed by atoms with E-state index in [2.05, 4.69) is 2.84 Å². The number of hydrogen-bond acceptors (Lipinski definition) is 11. The summed E-state index contributed by atoms with van der Waals surface area (Å²) in [6.45, 7) is 0. The summed E-state index contributed by atoms with van der Waals surface area (Å²) in [7, 11) is 0. The Bertz CT molecular complexity index is 383. The zero-order valence-electron chi connectivity index (χ0n) is 9.10. The van der Waals surface area contributed by atoms with E-state index in [0.717, 1.165) is 0 Å². The Morgan fingerprint density at radius 2 is 0.895 bits per heavy atom. The zero-order valence-corrected chi connectivity index (χ0v) is 15.6. The van der Waals surface area contributed by atoms with Crippen molar-refractivity contribution in [3.05, 3.63) is 20.2 Å². The monoisotopic (exact) mass is 388 g/mol. The summed E-state index contributed by atoms with van der Waals surface area (Å²) in [6, 6.07) is 0. The van der Waals surface area contributed by atoms with Crippen molar-refractivity contribution in [2.75, 3.05) is 0 Å². The minimum atomic E-state index is -6.07. The van der Waals surface area contributed by atoms with Crippen molar-refractivity contribution in [2.45, 2.75) is 0 Å². The van der Waals surface area contributed by atoms with Gasteiger partial charge in [0.05, 0.1) is 0 Å². The third kappa shape index (κ3) is 119. The van der Waals surface area contributed by atoms with E-state index in [9.17, 15) is 23.5 Å².